The second kappa shape index (κ2) is 10.5. The summed E-state index contributed by atoms with van der Waals surface area (Å²) in [6, 6.07) is 16.5. The van der Waals surface area contributed by atoms with Crippen LogP contribution in [0.1, 0.15) is 15.9 Å². The van der Waals surface area contributed by atoms with Gasteiger partial charge in [0.25, 0.3) is 5.91 Å². The number of carbonyl (C=O) groups is 1. The van der Waals surface area contributed by atoms with E-state index >= 15 is 0 Å². The standard InChI is InChI=1S/C26H26F3N3O4S/c1-18-23(19-6-10-21(11-7-19)36-26(27,28)29)4-3-5-24(18)25(33)30-20-8-12-22(13-9-20)37(34,35)32-16-14-31(2)15-17-32/h3-13H,14-17H2,1-2H3,(H,30,33). The average molecular weight is 534 g/mol. The fraction of sp³-hybridized carbons (Fsp3) is 0.269. The molecule has 3 aromatic rings. The van der Waals surface area contributed by atoms with Gasteiger partial charge in [0, 0.05) is 37.4 Å². The first-order chi connectivity index (χ1) is 17.4. The maximum Gasteiger partial charge on any atom is 0.573 e. The van der Waals surface area contributed by atoms with Crippen molar-refractivity contribution < 1.29 is 31.1 Å². The number of carbonyl (C=O) groups excluding carboxylic acids is 1. The van der Waals surface area contributed by atoms with E-state index in [0.29, 0.717) is 54.1 Å². The first-order valence-corrected chi connectivity index (χ1v) is 12.9. The lowest BCUT2D eigenvalue weighted by atomic mass is 9.96. The fourth-order valence-corrected chi connectivity index (χ4v) is 5.54. The van der Waals surface area contributed by atoms with Gasteiger partial charge in [-0.3, -0.25) is 4.79 Å². The molecule has 0 bridgehead atoms. The highest BCUT2D eigenvalue weighted by molar-refractivity contribution is 7.89. The molecule has 11 heteroatoms. The predicted molar refractivity (Wildman–Crippen MR) is 134 cm³/mol. The number of ether oxygens (including phenoxy) is 1. The van der Waals surface area contributed by atoms with E-state index in [2.05, 4.69) is 15.0 Å². The molecule has 37 heavy (non-hydrogen) atoms. The number of anilines is 1. The van der Waals surface area contributed by atoms with Crippen LogP contribution in [-0.4, -0.2) is 63.1 Å². The van der Waals surface area contributed by atoms with Crippen LogP contribution in [0.3, 0.4) is 0 Å². The van der Waals surface area contributed by atoms with E-state index in [-0.39, 0.29) is 10.6 Å². The molecule has 0 saturated carbocycles. The molecule has 1 fully saturated rings. The number of nitrogens with zero attached hydrogens (tertiary/aromatic N) is 2. The van der Waals surface area contributed by atoms with Crippen molar-refractivity contribution in [2.24, 2.45) is 0 Å². The number of amides is 1. The number of hydrogen-bond acceptors (Lipinski definition) is 5. The van der Waals surface area contributed by atoms with Crippen molar-refractivity contribution in [1.29, 1.82) is 0 Å². The minimum absolute atomic E-state index is 0.158. The van der Waals surface area contributed by atoms with Gasteiger partial charge in [-0.25, -0.2) is 8.42 Å². The van der Waals surface area contributed by atoms with Crippen LogP contribution in [0, 0.1) is 6.92 Å². The molecule has 4 rings (SSSR count). The molecule has 1 aliphatic heterocycles. The molecule has 0 radical (unpaired) electrons. The van der Waals surface area contributed by atoms with Gasteiger partial charge in [-0.2, -0.15) is 4.31 Å². The smallest absolute Gasteiger partial charge is 0.406 e. The molecule has 1 heterocycles. The molecule has 1 amide bonds. The molecular formula is C26H26F3N3O4S. The number of benzene rings is 3. The van der Waals surface area contributed by atoms with Crippen molar-refractivity contribution in [1.82, 2.24) is 9.21 Å². The highest BCUT2D eigenvalue weighted by atomic mass is 32.2. The van der Waals surface area contributed by atoms with Crippen LogP contribution in [0.5, 0.6) is 5.75 Å². The molecule has 1 saturated heterocycles. The van der Waals surface area contributed by atoms with Gasteiger partial charge in [-0.05, 0) is 73.1 Å². The van der Waals surface area contributed by atoms with Crippen molar-refractivity contribution in [2.75, 3.05) is 38.5 Å². The van der Waals surface area contributed by atoms with Gasteiger partial charge in [-0.1, -0.05) is 24.3 Å². The summed E-state index contributed by atoms with van der Waals surface area (Å²) in [5.41, 5.74) is 2.75. The topological polar surface area (TPSA) is 79.0 Å². The first kappa shape index (κ1) is 26.6. The van der Waals surface area contributed by atoms with E-state index in [1.807, 2.05) is 7.05 Å². The van der Waals surface area contributed by atoms with Crippen LogP contribution >= 0.6 is 0 Å². The number of piperazine rings is 1. The summed E-state index contributed by atoms with van der Waals surface area (Å²) in [6.07, 6.45) is -4.78. The zero-order valence-electron chi connectivity index (χ0n) is 20.2. The minimum Gasteiger partial charge on any atom is -0.406 e. The first-order valence-electron chi connectivity index (χ1n) is 11.5. The Balaban J connectivity index is 1.48. The maximum absolute atomic E-state index is 13.0. The number of sulfonamides is 1. The fourth-order valence-electron chi connectivity index (χ4n) is 4.12. The summed E-state index contributed by atoms with van der Waals surface area (Å²) >= 11 is 0. The second-order valence-electron chi connectivity index (χ2n) is 8.74. The Hall–Kier alpha value is -3.41. The highest BCUT2D eigenvalue weighted by Gasteiger charge is 2.31. The lowest BCUT2D eigenvalue weighted by molar-refractivity contribution is -0.274. The zero-order chi connectivity index (χ0) is 26.8. The lowest BCUT2D eigenvalue weighted by Gasteiger charge is -2.31. The van der Waals surface area contributed by atoms with Crippen LogP contribution in [0.4, 0.5) is 18.9 Å². The van der Waals surface area contributed by atoms with Crippen molar-refractivity contribution in [3.63, 3.8) is 0 Å². The van der Waals surface area contributed by atoms with Crippen molar-refractivity contribution in [3.8, 4) is 16.9 Å². The Kier molecular flexibility index (Phi) is 7.58. The van der Waals surface area contributed by atoms with Gasteiger partial charge >= 0.3 is 6.36 Å². The Morgan fingerprint density at radius 3 is 2.14 bits per heavy atom. The molecule has 0 aromatic heterocycles. The summed E-state index contributed by atoms with van der Waals surface area (Å²) in [5, 5.41) is 2.78. The number of rotatable bonds is 6. The van der Waals surface area contributed by atoms with Crippen molar-refractivity contribution >= 4 is 21.6 Å². The van der Waals surface area contributed by atoms with Crippen LogP contribution < -0.4 is 10.1 Å². The van der Waals surface area contributed by atoms with Gasteiger partial charge in [0.2, 0.25) is 10.0 Å². The quantitative estimate of drug-likeness (QED) is 0.495. The van der Waals surface area contributed by atoms with Gasteiger partial charge in [-0.15, -0.1) is 13.2 Å². The van der Waals surface area contributed by atoms with Gasteiger partial charge in [0.15, 0.2) is 0 Å². The number of hydrogen-bond donors (Lipinski definition) is 1. The molecule has 0 aliphatic carbocycles. The molecule has 1 N–H and O–H groups in total. The van der Waals surface area contributed by atoms with Gasteiger partial charge in [0.05, 0.1) is 4.90 Å². The number of halogens is 3. The van der Waals surface area contributed by atoms with E-state index in [1.54, 1.807) is 37.3 Å². The number of likely N-dealkylation sites (N-methyl/N-ethyl adjacent to an activating group) is 1. The molecule has 7 nitrogen and oxygen atoms in total. The molecule has 0 spiro atoms. The Bertz CT molecular complexity index is 1370. The molecular weight excluding hydrogens is 507 g/mol. The SMILES string of the molecule is Cc1c(C(=O)Nc2ccc(S(=O)(=O)N3CCN(C)CC3)cc2)cccc1-c1ccc(OC(F)(F)F)cc1. The Morgan fingerprint density at radius 1 is 0.919 bits per heavy atom. The third kappa shape index (κ3) is 6.30. The number of alkyl halides is 3. The van der Waals surface area contributed by atoms with E-state index in [9.17, 15) is 26.4 Å². The van der Waals surface area contributed by atoms with E-state index in [0.717, 1.165) is 0 Å². The third-order valence-corrected chi connectivity index (χ3v) is 8.10. The normalized spacial score (nSPS) is 15.4. The largest absolute Gasteiger partial charge is 0.573 e. The van der Waals surface area contributed by atoms with E-state index < -0.39 is 22.3 Å². The monoisotopic (exact) mass is 533 g/mol. The van der Waals surface area contributed by atoms with Crippen molar-refractivity contribution in [3.05, 3.63) is 77.9 Å². The van der Waals surface area contributed by atoms with E-state index in [1.165, 1.54) is 40.7 Å². The molecule has 1 aliphatic rings. The summed E-state index contributed by atoms with van der Waals surface area (Å²) in [6.45, 7) is 3.92. The van der Waals surface area contributed by atoms with Crippen LogP contribution in [0.15, 0.2) is 71.6 Å². The molecule has 196 valence electrons. The Labute approximate surface area is 213 Å². The van der Waals surface area contributed by atoms with E-state index in [4.69, 9.17) is 0 Å². The van der Waals surface area contributed by atoms with Gasteiger partial charge < -0.3 is 15.0 Å². The minimum atomic E-state index is -4.78. The molecule has 0 atom stereocenters. The molecule has 0 unspecified atom stereocenters. The molecule has 3 aromatic carbocycles. The van der Waals surface area contributed by atoms with Crippen molar-refractivity contribution in [2.45, 2.75) is 18.2 Å². The van der Waals surface area contributed by atoms with Crippen LogP contribution in [0.2, 0.25) is 0 Å². The van der Waals surface area contributed by atoms with Crippen LogP contribution in [-0.2, 0) is 10.0 Å². The summed E-state index contributed by atoms with van der Waals surface area (Å²) in [7, 11) is -1.67. The highest BCUT2D eigenvalue weighted by Crippen LogP contribution is 2.30. The summed E-state index contributed by atoms with van der Waals surface area (Å²) < 4.78 is 68.5. The van der Waals surface area contributed by atoms with Gasteiger partial charge in [0.1, 0.15) is 5.75 Å². The zero-order valence-corrected chi connectivity index (χ0v) is 21.1. The second-order valence-corrected chi connectivity index (χ2v) is 10.7. The lowest BCUT2D eigenvalue weighted by Crippen LogP contribution is -2.46. The average Bonchev–Trinajstić information content (AvgIpc) is 2.84. The summed E-state index contributed by atoms with van der Waals surface area (Å²) in [4.78, 5) is 15.2. The number of nitrogens with one attached hydrogen (secondary N) is 1. The predicted octanol–water partition coefficient (Wildman–Crippen LogP) is 4.75. The maximum atomic E-state index is 13.0. The van der Waals surface area contributed by atoms with Crippen LogP contribution in [0.25, 0.3) is 11.1 Å². The summed E-state index contributed by atoms with van der Waals surface area (Å²) in [5.74, 6) is -0.730. The Morgan fingerprint density at radius 2 is 1.54 bits per heavy atom. The third-order valence-electron chi connectivity index (χ3n) is 6.19.